The van der Waals surface area contributed by atoms with E-state index in [4.69, 9.17) is 5.73 Å². The van der Waals surface area contributed by atoms with Crippen molar-refractivity contribution in [3.63, 3.8) is 0 Å². The first-order valence-corrected chi connectivity index (χ1v) is 6.45. The standard InChI is InChI=1S/C15H18N4O.ClH/c1-11(12-3-6-17-7-4-12)19(2)15(20)13-5-8-18-14(9-13)10-16;/h3-9,11H,10,16H2,1-2H3;1H. The maximum atomic E-state index is 12.5. The highest BCUT2D eigenvalue weighted by Gasteiger charge is 2.19. The Hall–Kier alpha value is -1.98. The topological polar surface area (TPSA) is 72.1 Å². The van der Waals surface area contributed by atoms with Gasteiger partial charge in [-0.1, -0.05) is 0 Å². The molecule has 112 valence electrons. The van der Waals surface area contributed by atoms with Crippen molar-refractivity contribution in [1.29, 1.82) is 0 Å². The molecule has 2 heterocycles. The molecule has 0 aliphatic carbocycles. The average Bonchev–Trinajstić information content (AvgIpc) is 2.53. The Kier molecular flexibility index (Phi) is 6.27. The van der Waals surface area contributed by atoms with Crippen molar-refractivity contribution in [2.45, 2.75) is 19.5 Å². The van der Waals surface area contributed by atoms with Crippen molar-refractivity contribution in [2.24, 2.45) is 5.73 Å². The summed E-state index contributed by atoms with van der Waals surface area (Å²) in [6.45, 7) is 2.31. The lowest BCUT2D eigenvalue weighted by Gasteiger charge is -2.25. The van der Waals surface area contributed by atoms with Gasteiger partial charge in [0.1, 0.15) is 0 Å². The molecule has 1 amide bonds. The van der Waals surface area contributed by atoms with Gasteiger partial charge in [-0.25, -0.2) is 0 Å². The summed E-state index contributed by atoms with van der Waals surface area (Å²) in [5.41, 5.74) is 7.91. The molecular weight excluding hydrogens is 288 g/mol. The predicted octanol–water partition coefficient (Wildman–Crippen LogP) is 2.19. The van der Waals surface area contributed by atoms with Crippen LogP contribution in [0.15, 0.2) is 42.9 Å². The fourth-order valence-electron chi connectivity index (χ4n) is 1.97. The number of amides is 1. The van der Waals surface area contributed by atoms with Crippen molar-refractivity contribution in [2.75, 3.05) is 7.05 Å². The van der Waals surface area contributed by atoms with E-state index in [2.05, 4.69) is 9.97 Å². The first kappa shape index (κ1) is 17.1. The molecule has 0 bridgehead atoms. The Balaban J connectivity index is 0.00000220. The van der Waals surface area contributed by atoms with Crippen LogP contribution in [0.5, 0.6) is 0 Å². The fourth-order valence-corrected chi connectivity index (χ4v) is 1.97. The first-order valence-electron chi connectivity index (χ1n) is 6.45. The van der Waals surface area contributed by atoms with E-state index in [1.54, 1.807) is 42.7 Å². The maximum absolute atomic E-state index is 12.5. The molecule has 2 aromatic rings. The van der Waals surface area contributed by atoms with E-state index in [1.165, 1.54) is 0 Å². The van der Waals surface area contributed by atoms with E-state index >= 15 is 0 Å². The summed E-state index contributed by atoms with van der Waals surface area (Å²) < 4.78 is 0. The summed E-state index contributed by atoms with van der Waals surface area (Å²) in [6.07, 6.45) is 5.06. The molecule has 0 aliphatic heterocycles. The van der Waals surface area contributed by atoms with Gasteiger partial charge >= 0.3 is 0 Å². The summed E-state index contributed by atoms with van der Waals surface area (Å²) in [4.78, 5) is 22.3. The van der Waals surface area contributed by atoms with Crippen LogP contribution in [0, 0.1) is 0 Å². The minimum Gasteiger partial charge on any atom is -0.335 e. The monoisotopic (exact) mass is 306 g/mol. The third-order valence-corrected chi connectivity index (χ3v) is 3.36. The molecule has 0 fully saturated rings. The number of pyridine rings is 2. The number of aromatic nitrogens is 2. The molecule has 0 aromatic carbocycles. The minimum absolute atomic E-state index is 0. The van der Waals surface area contributed by atoms with Gasteiger partial charge in [-0.3, -0.25) is 14.8 Å². The Morgan fingerprint density at radius 3 is 2.57 bits per heavy atom. The second-order valence-corrected chi connectivity index (χ2v) is 4.61. The molecule has 5 nitrogen and oxygen atoms in total. The van der Waals surface area contributed by atoms with Gasteiger partial charge in [0, 0.05) is 37.7 Å². The third-order valence-electron chi connectivity index (χ3n) is 3.36. The summed E-state index contributed by atoms with van der Waals surface area (Å²) >= 11 is 0. The number of carbonyl (C=O) groups excluding carboxylic acids is 1. The first-order chi connectivity index (χ1) is 9.63. The second-order valence-electron chi connectivity index (χ2n) is 4.61. The third kappa shape index (κ3) is 4.00. The van der Waals surface area contributed by atoms with Crippen LogP contribution in [0.4, 0.5) is 0 Å². The van der Waals surface area contributed by atoms with Crippen LogP contribution in [-0.4, -0.2) is 27.8 Å². The molecular formula is C15H19ClN4O. The zero-order chi connectivity index (χ0) is 14.5. The van der Waals surface area contributed by atoms with Crippen LogP contribution < -0.4 is 5.73 Å². The van der Waals surface area contributed by atoms with Gasteiger partial charge in [0.2, 0.25) is 0 Å². The van der Waals surface area contributed by atoms with E-state index in [9.17, 15) is 4.79 Å². The summed E-state index contributed by atoms with van der Waals surface area (Å²) in [7, 11) is 1.79. The van der Waals surface area contributed by atoms with Crippen LogP contribution in [-0.2, 0) is 6.54 Å². The number of carbonyl (C=O) groups is 1. The number of hydrogen-bond acceptors (Lipinski definition) is 4. The van der Waals surface area contributed by atoms with Crippen molar-refractivity contribution >= 4 is 18.3 Å². The number of hydrogen-bond donors (Lipinski definition) is 1. The Bertz CT molecular complexity index is 591. The zero-order valence-electron chi connectivity index (χ0n) is 12.1. The van der Waals surface area contributed by atoms with Gasteiger partial charge in [-0.15, -0.1) is 12.4 Å². The normalized spacial score (nSPS) is 11.4. The minimum atomic E-state index is -0.0496. The van der Waals surface area contributed by atoms with E-state index in [0.717, 1.165) is 5.56 Å². The molecule has 1 unspecified atom stereocenters. The van der Waals surface area contributed by atoms with Crippen molar-refractivity contribution in [1.82, 2.24) is 14.9 Å². The summed E-state index contributed by atoms with van der Waals surface area (Å²) in [5.74, 6) is -0.0496. The van der Waals surface area contributed by atoms with Gasteiger partial charge < -0.3 is 10.6 Å². The number of rotatable bonds is 4. The van der Waals surface area contributed by atoms with E-state index in [-0.39, 0.29) is 24.4 Å². The zero-order valence-corrected chi connectivity index (χ0v) is 12.9. The molecule has 0 spiro atoms. The van der Waals surface area contributed by atoms with Gasteiger partial charge in [0.25, 0.3) is 5.91 Å². The molecule has 0 saturated carbocycles. The Morgan fingerprint density at radius 2 is 1.95 bits per heavy atom. The van der Waals surface area contributed by atoms with Crippen LogP contribution in [0.3, 0.4) is 0 Å². The van der Waals surface area contributed by atoms with E-state index < -0.39 is 0 Å². The van der Waals surface area contributed by atoms with Crippen LogP contribution in [0.1, 0.15) is 34.6 Å². The molecule has 0 radical (unpaired) electrons. The largest absolute Gasteiger partial charge is 0.335 e. The van der Waals surface area contributed by atoms with Crippen molar-refractivity contribution in [3.8, 4) is 0 Å². The smallest absolute Gasteiger partial charge is 0.254 e. The van der Waals surface area contributed by atoms with Crippen molar-refractivity contribution in [3.05, 3.63) is 59.7 Å². The van der Waals surface area contributed by atoms with Crippen molar-refractivity contribution < 1.29 is 4.79 Å². The highest BCUT2D eigenvalue weighted by Crippen LogP contribution is 2.19. The number of nitrogens with zero attached hydrogens (tertiary/aromatic N) is 3. The van der Waals surface area contributed by atoms with Gasteiger partial charge in [-0.2, -0.15) is 0 Å². The molecule has 0 saturated heterocycles. The Morgan fingerprint density at radius 1 is 1.29 bits per heavy atom. The van der Waals surface area contributed by atoms with Crippen LogP contribution in [0.25, 0.3) is 0 Å². The summed E-state index contributed by atoms with van der Waals surface area (Å²) in [6, 6.07) is 7.23. The molecule has 6 heteroatoms. The number of halogens is 1. The van der Waals surface area contributed by atoms with Gasteiger partial charge in [0.15, 0.2) is 0 Å². The molecule has 2 rings (SSSR count). The highest BCUT2D eigenvalue weighted by atomic mass is 35.5. The lowest BCUT2D eigenvalue weighted by molar-refractivity contribution is 0.0742. The molecule has 2 aromatic heterocycles. The predicted molar refractivity (Wildman–Crippen MR) is 84.1 cm³/mol. The Labute approximate surface area is 130 Å². The lowest BCUT2D eigenvalue weighted by Crippen LogP contribution is -2.29. The average molecular weight is 307 g/mol. The van der Waals surface area contributed by atoms with E-state index in [0.29, 0.717) is 17.8 Å². The maximum Gasteiger partial charge on any atom is 0.254 e. The van der Waals surface area contributed by atoms with Gasteiger partial charge in [0.05, 0.1) is 11.7 Å². The van der Waals surface area contributed by atoms with E-state index in [1.807, 2.05) is 19.1 Å². The lowest BCUT2D eigenvalue weighted by atomic mass is 10.1. The van der Waals surface area contributed by atoms with Gasteiger partial charge in [-0.05, 0) is 36.8 Å². The van der Waals surface area contributed by atoms with Crippen LogP contribution in [0.2, 0.25) is 0 Å². The fraction of sp³-hybridized carbons (Fsp3) is 0.267. The second kappa shape index (κ2) is 7.71. The molecule has 21 heavy (non-hydrogen) atoms. The molecule has 1 atom stereocenters. The SMILES string of the molecule is CC(c1ccncc1)N(C)C(=O)c1ccnc(CN)c1.Cl. The van der Waals surface area contributed by atoms with Crippen LogP contribution >= 0.6 is 12.4 Å². The summed E-state index contributed by atoms with van der Waals surface area (Å²) in [5, 5.41) is 0. The number of nitrogens with two attached hydrogens (primary N) is 1. The molecule has 2 N–H and O–H groups in total. The molecule has 0 aliphatic rings. The quantitative estimate of drug-likeness (QED) is 0.940. The highest BCUT2D eigenvalue weighted by molar-refractivity contribution is 5.94.